The lowest BCUT2D eigenvalue weighted by Crippen LogP contribution is -2.58. The summed E-state index contributed by atoms with van der Waals surface area (Å²) >= 11 is 0. The molecule has 0 aliphatic rings. The highest BCUT2D eigenvalue weighted by molar-refractivity contribution is 5.92. The molecule has 44 heavy (non-hydrogen) atoms. The van der Waals surface area contributed by atoms with Crippen LogP contribution in [0, 0.1) is 5.92 Å². The second kappa shape index (κ2) is 15.8. The lowest BCUT2D eigenvalue weighted by Gasteiger charge is -2.37. The van der Waals surface area contributed by atoms with Gasteiger partial charge < -0.3 is 31.9 Å². The average molecular weight is 603 g/mol. The van der Waals surface area contributed by atoms with Crippen LogP contribution in [-0.2, 0) is 24.7 Å². The Labute approximate surface area is 258 Å². The van der Waals surface area contributed by atoms with Crippen molar-refractivity contribution in [2.75, 3.05) is 0 Å². The van der Waals surface area contributed by atoms with Crippen LogP contribution in [-0.4, -0.2) is 58.1 Å². The number of aliphatic hydroxyl groups excluding tert-OH is 1. The topological polar surface area (TPSA) is 171 Å². The van der Waals surface area contributed by atoms with Crippen molar-refractivity contribution in [1.29, 1.82) is 0 Å². The van der Waals surface area contributed by atoms with Crippen LogP contribution in [0.4, 0.5) is 0 Å². The van der Waals surface area contributed by atoms with E-state index in [9.17, 15) is 29.4 Å². The van der Waals surface area contributed by atoms with Crippen molar-refractivity contribution >= 4 is 23.7 Å². The zero-order valence-electron chi connectivity index (χ0n) is 25.3. The molecule has 3 aromatic carbocycles. The van der Waals surface area contributed by atoms with Gasteiger partial charge in [0.15, 0.2) is 0 Å². The van der Waals surface area contributed by atoms with E-state index in [1.165, 1.54) is 6.92 Å². The first-order valence-corrected chi connectivity index (χ1v) is 14.7. The first-order valence-electron chi connectivity index (χ1n) is 14.7. The standard InChI is InChI=1S/C34H42N4O6/c1-22(2)21-28(33(43)44)36-32(42)30(23(3)39)37-31(41)27(35)19-20-29(40)38-34(24-13-7-4-8-14-24,25-15-9-5-10-16-25)26-17-11-6-12-18-26/h4-18,22-23,27-28,30,39H,19-21,35H2,1-3H3,(H,36,42)(H,37,41)(H,38,40)(H,43,44)/t23-,27+,28+,30+/m1/s1. The highest BCUT2D eigenvalue weighted by Crippen LogP contribution is 2.36. The van der Waals surface area contributed by atoms with E-state index in [1.54, 1.807) is 0 Å². The van der Waals surface area contributed by atoms with Gasteiger partial charge in [-0.05, 0) is 42.4 Å². The fraction of sp³-hybridized carbons (Fsp3) is 0.353. The average Bonchev–Trinajstić information content (AvgIpc) is 3.01. The molecule has 0 heterocycles. The molecule has 10 nitrogen and oxygen atoms in total. The third-order valence-corrected chi connectivity index (χ3v) is 7.35. The first-order chi connectivity index (χ1) is 21.0. The third kappa shape index (κ3) is 8.75. The van der Waals surface area contributed by atoms with Gasteiger partial charge in [0.2, 0.25) is 17.7 Å². The number of carboxylic acid groups (broad SMARTS) is 1. The number of aliphatic hydroxyl groups is 1. The van der Waals surface area contributed by atoms with Crippen molar-refractivity contribution in [3.63, 3.8) is 0 Å². The van der Waals surface area contributed by atoms with Crippen LogP contribution in [0.25, 0.3) is 0 Å². The Kier molecular flexibility index (Phi) is 12.2. The second-order valence-electron chi connectivity index (χ2n) is 11.3. The predicted molar refractivity (Wildman–Crippen MR) is 167 cm³/mol. The van der Waals surface area contributed by atoms with Gasteiger partial charge in [-0.1, -0.05) is 105 Å². The highest BCUT2D eigenvalue weighted by atomic mass is 16.4. The van der Waals surface area contributed by atoms with E-state index in [2.05, 4.69) is 16.0 Å². The summed E-state index contributed by atoms with van der Waals surface area (Å²) in [6, 6.07) is 25.0. The summed E-state index contributed by atoms with van der Waals surface area (Å²) in [7, 11) is 0. The number of benzene rings is 3. The van der Waals surface area contributed by atoms with Crippen molar-refractivity contribution < 1.29 is 29.4 Å². The molecule has 10 heteroatoms. The number of amides is 3. The van der Waals surface area contributed by atoms with Crippen LogP contribution in [0.2, 0.25) is 0 Å². The predicted octanol–water partition coefficient (Wildman–Crippen LogP) is 2.68. The second-order valence-corrected chi connectivity index (χ2v) is 11.3. The molecule has 3 rings (SSSR count). The van der Waals surface area contributed by atoms with E-state index < -0.39 is 47.6 Å². The first kappa shape index (κ1) is 34.0. The van der Waals surface area contributed by atoms with Gasteiger partial charge in [-0.2, -0.15) is 0 Å². The summed E-state index contributed by atoms with van der Waals surface area (Å²) in [6.07, 6.45) is -1.31. The van der Waals surface area contributed by atoms with E-state index in [1.807, 2.05) is 105 Å². The number of carbonyl (C=O) groups excluding carboxylic acids is 3. The van der Waals surface area contributed by atoms with Crippen molar-refractivity contribution in [2.45, 2.75) is 69.8 Å². The zero-order chi connectivity index (χ0) is 32.3. The van der Waals surface area contributed by atoms with Crippen LogP contribution in [0.3, 0.4) is 0 Å². The maximum atomic E-state index is 13.6. The summed E-state index contributed by atoms with van der Waals surface area (Å²) in [4.78, 5) is 50.9. The van der Waals surface area contributed by atoms with Gasteiger partial charge in [0.05, 0.1) is 12.1 Å². The van der Waals surface area contributed by atoms with E-state index in [0.717, 1.165) is 16.7 Å². The Morgan fingerprint density at radius 2 is 1.20 bits per heavy atom. The largest absolute Gasteiger partial charge is 0.480 e. The summed E-state index contributed by atoms with van der Waals surface area (Å²) in [6.45, 7) is 4.93. The molecule has 4 atom stereocenters. The van der Waals surface area contributed by atoms with Gasteiger partial charge in [0.25, 0.3) is 0 Å². The Morgan fingerprint density at radius 3 is 1.59 bits per heavy atom. The zero-order valence-corrected chi connectivity index (χ0v) is 25.3. The number of carboxylic acids is 1. The number of hydrogen-bond donors (Lipinski definition) is 6. The van der Waals surface area contributed by atoms with E-state index >= 15 is 0 Å². The quantitative estimate of drug-likeness (QED) is 0.145. The number of rotatable bonds is 15. The van der Waals surface area contributed by atoms with Crippen molar-refractivity contribution in [2.24, 2.45) is 11.7 Å². The fourth-order valence-electron chi connectivity index (χ4n) is 5.09. The Balaban J connectivity index is 1.76. The molecule has 0 aliphatic carbocycles. The van der Waals surface area contributed by atoms with Gasteiger partial charge in [0.1, 0.15) is 17.6 Å². The molecular weight excluding hydrogens is 560 g/mol. The van der Waals surface area contributed by atoms with E-state index in [-0.39, 0.29) is 31.1 Å². The highest BCUT2D eigenvalue weighted by Gasteiger charge is 2.38. The van der Waals surface area contributed by atoms with Gasteiger partial charge in [-0.3, -0.25) is 14.4 Å². The minimum absolute atomic E-state index is 0.0139. The molecule has 3 aromatic rings. The monoisotopic (exact) mass is 602 g/mol. The molecular formula is C34H42N4O6. The molecule has 3 amide bonds. The minimum Gasteiger partial charge on any atom is -0.480 e. The molecule has 0 bridgehead atoms. The Morgan fingerprint density at radius 1 is 0.750 bits per heavy atom. The molecule has 7 N–H and O–H groups in total. The lowest BCUT2D eigenvalue weighted by atomic mass is 9.77. The van der Waals surface area contributed by atoms with Crippen LogP contribution in [0.1, 0.15) is 56.7 Å². The van der Waals surface area contributed by atoms with Crippen molar-refractivity contribution in [3.05, 3.63) is 108 Å². The van der Waals surface area contributed by atoms with Crippen molar-refractivity contribution in [3.8, 4) is 0 Å². The number of carbonyl (C=O) groups is 4. The fourth-order valence-corrected chi connectivity index (χ4v) is 5.09. The molecule has 0 radical (unpaired) electrons. The molecule has 0 fully saturated rings. The molecule has 0 aromatic heterocycles. The van der Waals surface area contributed by atoms with Gasteiger partial charge in [0, 0.05) is 6.42 Å². The van der Waals surface area contributed by atoms with Gasteiger partial charge >= 0.3 is 5.97 Å². The molecule has 0 saturated heterocycles. The number of nitrogens with two attached hydrogens (primary N) is 1. The SMILES string of the molecule is CC(C)C[C@H](NC(=O)[C@@H](NC(=O)[C@@H](N)CCC(=O)NC(c1ccccc1)(c1ccccc1)c1ccccc1)[C@@H](C)O)C(=O)O. The maximum absolute atomic E-state index is 13.6. The Bertz CT molecular complexity index is 1290. The molecule has 0 unspecified atom stereocenters. The van der Waals surface area contributed by atoms with E-state index in [4.69, 9.17) is 5.73 Å². The number of nitrogens with one attached hydrogen (secondary N) is 3. The van der Waals surface area contributed by atoms with E-state index in [0.29, 0.717) is 0 Å². The summed E-state index contributed by atoms with van der Waals surface area (Å²) < 4.78 is 0. The molecule has 0 aliphatic heterocycles. The van der Waals surface area contributed by atoms with Gasteiger partial charge in [-0.15, -0.1) is 0 Å². The lowest BCUT2D eigenvalue weighted by molar-refractivity contribution is -0.143. The van der Waals surface area contributed by atoms with Crippen molar-refractivity contribution in [1.82, 2.24) is 16.0 Å². The maximum Gasteiger partial charge on any atom is 0.326 e. The van der Waals surface area contributed by atoms with Crippen LogP contribution in [0.15, 0.2) is 91.0 Å². The molecule has 234 valence electrons. The van der Waals surface area contributed by atoms with Gasteiger partial charge in [-0.25, -0.2) is 4.79 Å². The Hall–Kier alpha value is -4.54. The molecule has 0 saturated carbocycles. The normalized spacial score (nSPS) is 14.1. The smallest absolute Gasteiger partial charge is 0.326 e. The number of aliphatic carboxylic acids is 1. The third-order valence-electron chi connectivity index (χ3n) is 7.35. The van der Waals surface area contributed by atoms with Crippen LogP contribution < -0.4 is 21.7 Å². The van der Waals surface area contributed by atoms with Crippen LogP contribution >= 0.6 is 0 Å². The molecule has 0 spiro atoms. The summed E-state index contributed by atoms with van der Waals surface area (Å²) in [5.41, 5.74) is 7.63. The van der Waals surface area contributed by atoms with Crippen LogP contribution in [0.5, 0.6) is 0 Å². The summed E-state index contributed by atoms with van der Waals surface area (Å²) in [5.74, 6) is -3.18. The minimum atomic E-state index is -1.43. The summed E-state index contributed by atoms with van der Waals surface area (Å²) in [5, 5.41) is 27.7. The number of hydrogen-bond acceptors (Lipinski definition) is 6.